The third-order valence-electron chi connectivity index (χ3n) is 3.68. The molecule has 1 aliphatic heterocycles. The maximum atomic E-state index is 12.6. The molecule has 2 amide bonds. The van der Waals surface area contributed by atoms with Crippen LogP contribution < -0.4 is 9.47 Å². The molecule has 0 spiro atoms. The molecule has 8 heteroatoms. The Labute approximate surface area is 162 Å². The summed E-state index contributed by atoms with van der Waals surface area (Å²) in [6.07, 6.45) is 1.57. The third-order valence-corrected chi connectivity index (χ3v) is 4.59. The molecule has 1 aromatic rings. The fraction of sp³-hybridized carbons (Fsp3) is 0.421. The molecule has 1 fully saturated rings. The van der Waals surface area contributed by atoms with Crippen molar-refractivity contribution in [3.05, 3.63) is 28.2 Å². The van der Waals surface area contributed by atoms with E-state index in [9.17, 15) is 14.4 Å². The number of rotatable bonds is 5. The first-order valence-corrected chi connectivity index (χ1v) is 9.08. The number of carbonyl (C=O) groups is 3. The number of carbonyl (C=O) groups excluding carboxylic acids is 3. The SMILES string of the molecule is COc1ccc(/C=C2\SC(=O)N(CC(=O)OC(C)(C)C)C2=O)c(OC)c1C. The lowest BCUT2D eigenvalue weighted by atomic mass is 10.1. The van der Waals surface area contributed by atoms with Gasteiger partial charge in [-0.25, -0.2) is 0 Å². The maximum Gasteiger partial charge on any atom is 0.326 e. The van der Waals surface area contributed by atoms with Crippen molar-refractivity contribution in [2.75, 3.05) is 20.8 Å². The van der Waals surface area contributed by atoms with Crippen LogP contribution in [0.3, 0.4) is 0 Å². The van der Waals surface area contributed by atoms with Crippen LogP contribution in [0.1, 0.15) is 31.9 Å². The molecule has 0 radical (unpaired) electrons. The van der Waals surface area contributed by atoms with Crippen LogP contribution in [0.4, 0.5) is 4.79 Å². The number of methoxy groups -OCH3 is 2. The Balaban J connectivity index is 2.26. The molecule has 1 saturated heterocycles. The molecular weight excluding hydrogens is 370 g/mol. The second kappa shape index (κ2) is 8.04. The number of esters is 1. The van der Waals surface area contributed by atoms with E-state index < -0.39 is 29.3 Å². The van der Waals surface area contributed by atoms with Gasteiger partial charge in [0.25, 0.3) is 11.1 Å². The summed E-state index contributed by atoms with van der Waals surface area (Å²) in [7, 11) is 3.08. The van der Waals surface area contributed by atoms with Gasteiger partial charge in [-0.15, -0.1) is 0 Å². The molecular formula is C19H23NO6S. The minimum atomic E-state index is -0.692. The van der Waals surface area contributed by atoms with Crippen LogP contribution in [0.2, 0.25) is 0 Å². The molecule has 0 unspecified atom stereocenters. The molecule has 27 heavy (non-hydrogen) atoms. The Bertz CT molecular complexity index is 809. The Morgan fingerprint density at radius 2 is 1.85 bits per heavy atom. The van der Waals surface area contributed by atoms with Crippen LogP contribution in [-0.4, -0.2) is 48.4 Å². The lowest BCUT2D eigenvalue weighted by molar-refractivity contribution is -0.156. The molecule has 0 aliphatic carbocycles. The second-order valence-corrected chi connectivity index (χ2v) is 7.86. The first-order valence-electron chi connectivity index (χ1n) is 8.26. The van der Waals surface area contributed by atoms with E-state index in [4.69, 9.17) is 14.2 Å². The smallest absolute Gasteiger partial charge is 0.326 e. The molecule has 2 rings (SSSR count). The van der Waals surface area contributed by atoms with E-state index in [0.717, 1.165) is 22.2 Å². The first-order chi connectivity index (χ1) is 12.6. The standard InChI is InChI=1S/C19H23NO6S/c1-11-13(24-5)8-7-12(16(11)25-6)9-14-17(22)20(18(23)27-14)10-15(21)26-19(2,3)4/h7-9H,10H2,1-6H3/b14-9-. The Hall–Kier alpha value is -2.48. The van der Waals surface area contributed by atoms with E-state index in [2.05, 4.69) is 0 Å². The summed E-state index contributed by atoms with van der Waals surface area (Å²) in [4.78, 5) is 37.8. The highest BCUT2D eigenvalue weighted by atomic mass is 32.2. The van der Waals surface area contributed by atoms with Gasteiger partial charge in [-0.1, -0.05) is 0 Å². The van der Waals surface area contributed by atoms with Gasteiger partial charge in [0.15, 0.2) is 0 Å². The van der Waals surface area contributed by atoms with Crippen molar-refractivity contribution in [3.8, 4) is 11.5 Å². The van der Waals surface area contributed by atoms with Gasteiger partial charge in [0, 0.05) is 11.1 Å². The Kier molecular flexibility index (Phi) is 6.20. The molecule has 1 heterocycles. The van der Waals surface area contributed by atoms with Crippen LogP contribution >= 0.6 is 11.8 Å². The predicted octanol–water partition coefficient (Wildman–Crippen LogP) is 3.39. The maximum absolute atomic E-state index is 12.6. The minimum Gasteiger partial charge on any atom is -0.496 e. The molecule has 0 atom stereocenters. The van der Waals surface area contributed by atoms with Crippen molar-refractivity contribution in [3.63, 3.8) is 0 Å². The highest BCUT2D eigenvalue weighted by molar-refractivity contribution is 8.18. The molecule has 0 N–H and O–H groups in total. The van der Waals surface area contributed by atoms with Gasteiger partial charge in [0.05, 0.1) is 19.1 Å². The van der Waals surface area contributed by atoms with Gasteiger partial charge in [-0.2, -0.15) is 0 Å². The zero-order valence-electron chi connectivity index (χ0n) is 16.2. The van der Waals surface area contributed by atoms with Gasteiger partial charge in [0.1, 0.15) is 23.6 Å². The number of thioether (sulfide) groups is 1. The van der Waals surface area contributed by atoms with E-state index in [1.165, 1.54) is 7.11 Å². The zero-order chi connectivity index (χ0) is 20.4. The van der Waals surface area contributed by atoms with Gasteiger partial charge in [-0.05, 0) is 57.7 Å². The Morgan fingerprint density at radius 1 is 1.19 bits per heavy atom. The summed E-state index contributed by atoms with van der Waals surface area (Å²) in [5, 5.41) is -0.513. The molecule has 1 aliphatic rings. The predicted molar refractivity (Wildman–Crippen MR) is 103 cm³/mol. The average molecular weight is 393 g/mol. The first kappa shape index (κ1) is 20.8. The highest BCUT2D eigenvalue weighted by Crippen LogP contribution is 2.37. The van der Waals surface area contributed by atoms with E-state index in [1.807, 2.05) is 6.92 Å². The Morgan fingerprint density at radius 3 is 2.41 bits per heavy atom. The molecule has 1 aromatic carbocycles. The van der Waals surface area contributed by atoms with Crippen molar-refractivity contribution in [1.82, 2.24) is 4.90 Å². The summed E-state index contributed by atoms with van der Waals surface area (Å²) in [5.74, 6) is 0.0330. The van der Waals surface area contributed by atoms with E-state index in [0.29, 0.717) is 17.1 Å². The van der Waals surface area contributed by atoms with Gasteiger partial charge in [0.2, 0.25) is 0 Å². The molecule has 0 saturated carbocycles. The highest BCUT2D eigenvalue weighted by Gasteiger charge is 2.37. The summed E-state index contributed by atoms with van der Waals surface area (Å²) >= 11 is 0.776. The number of hydrogen-bond donors (Lipinski definition) is 0. The fourth-order valence-electron chi connectivity index (χ4n) is 2.58. The summed E-state index contributed by atoms with van der Waals surface area (Å²) in [6, 6.07) is 3.50. The van der Waals surface area contributed by atoms with Crippen molar-refractivity contribution < 1.29 is 28.6 Å². The van der Waals surface area contributed by atoms with Gasteiger partial charge < -0.3 is 14.2 Å². The van der Waals surface area contributed by atoms with Crippen molar-refractivity contribution >= 4 is 35.0 Å². The lowest BCUT2D eigenvalue weighted by Crippen LogP contribution is -2.37. The van der Waals surface area contributed by atoms with Gasteiger partial charge in [-0.3, -0.25) is 19.3 Å². The largest absolute Gasteiger partial charge is 0.496 e. The second-order valence-electron chi connectivity index (χ2n) is 6.87. The topological polar surface area (TPSA) is 82.1 Å². The third kappa shape index (κ3) is 4.82. The molecule has 146 valence electrons. The van der Waals surface area contributed by atoms with E-state index in [-0.39, 0.29) is 4.91 Å². The number of amides is 2. The van der Waals surface area contributed by atoms with E-state index in [1.54, 1.807) is 46.1 Å². The van der Waals surface area contributed by atoms with Crippen LogP contribution in [0.5, 0.6) is 11.5 Å². The zero-order valence-corrected chi connectivity index (χ0v) is 17.1. The number of benzene rings is 1. The van der Waals surface area contributed by atoms with Crippen LogP contribution in [0.25, 0.3) is 6.08 Å². The van der Waals surface area contributed by atoms with Crippen molar-refractivity contribution in [2.45, 2.75) is 33.3 Å². The summed E-state index contributed by atoms with van der Waals surface area (Å²) < 4.78 is 15.9. The van der Waals surface area contributed by atoms with Crippen LogP contribution in [0, 0.1) is 6.92 Å². The summed E-state index contributed by atoms with van der Waals surface area (Å²) in [6.45, 7) is 6.58. The lowest BCUT2D eigenvalue weighted by Gasteiger charge is -2.21. The van der Waals surface area contributed by atoms with Gasteiger partial charge >= 0.3 is 5.97 Å². The average Bonchev–Trinajstić information content (AvgIpc) is 2.81. The summed E-state index contributed by atoms with van der Waals surface area (Å²) in [5.41, 5.74) is 0.725. The molecule has 0 aromatic heterocycles. The fourth-order valence-corrected chi connectivity index (χ4v) is 3.41. The molecule has 7 nitrogen and oxygen atoms in total. The normalized spacial score (nSPS) is 16.1. The number of hydrogen-bond acceptors (Lipinski definition) is 7. The van der Waals surface area contributed by atoms with E-state index >= 15 is 0 Å². The minimum absolute atomic E-state index is 0.214. The van der Waals surface area contributed by atoms with Crippen molar-refractivity contribution in [2.24, 2.45) is 0 Å². The van der Waals surface area contributed by atoms with Crippen molar-refractivity contribution in [1.29, 1.82) is 0 Å². The molecule has 0 bridgehead atoms. The number of ether oxygens (including phenoxy) is 3. The van der Waals surface area contributed by atoms with Crippen LogP contribution in [-0.2, 0) is 14.3 Å². The monoisotopic (exact) mass is 393 g/mol. The quantitative estimate of drug-likeness (QED) is 0.560. The number of nitrogens with zero attached hydrogens (tertiary/aromatic N) is 1. The van der Waals surface area contributed by atoms with Crippen LogP contribution in [0.15, 0.2) is 17.0 Å². The number of imide groups is 1.